The van der Waals surface area contributed by atoms with Gasteiger partial charge in [-0.05, 0) is 44.9 Å². The van der Waals surface area contributed by atoms with E-state index in [0.29, 0.717) is 0 Å². The number of rotatable bonds is 3. The van der Waals surface area contributed by atoms with Crippen molar-refractivity contribution in [2.75, 3.05) is 0 Å². The van der Waals surface area contributed by atoms with Gasteiger partial charge in [-0.3, -0.25) is 0 Å². The van der Waals surface area contributed by atoms with Crippen molar-refractivity contribution in [1.82, 2.24) is 9.97 Å². The maximum Gasteiger partial charge on any atom is 0.135 e. The number of pyridine rings is 2. The summed E-state index contributed by atoms with van der Waals surface area (Å²) in [6.07, 6.45) is 3.94. The van der Waals surface area contributed by atoms with Crippen LogP contribution in [0.4, 0.5) is 0 Å². The fourth-order valence-corrected chi connectivity index (χ4v) is 7.75. The first-order chi connectivity index (χ1) is 20.9. The fraction of sp³-hybridized carbons (Fsp3) is 0.105. The maximum atomic E-state index is 6.06. The van der Waals surface area contributed by atoms with Crippen LogP contribution in [0, 0.1) is 19.1 Å². The number of aryl methyl sites for hydroxylation is 1. The molecule has 3 nitrogen and oxygen atoms in total. The molecule has 8 rings (SSSR count). The first-order valence-corrected chi connectivity index (χ1v) is 18.7. The molecule has 0 bridgehead atoms. The van der Waals surface area contributed by atoms with E-state index < -0.39 is 8.07 Å². The van der Waals surface area contributed by atoms with Crippen molar-refractivity contribution in [2.24, 2.45) is 0 Å². The zero-order valence-electron chi connectivity index (χ0n) is 24.9. The summed E-state index contributed by atoms with van der Waals surface area (Å²) in [5, 5.41) is 6.15. The molecular weight excluding hydrogens is 753 g/mol. The molecule has 0 aliphatic rings. The molecule has 0 aliphatic heterocycles. The van der Waals surface area contributed by atoms with Crippen molar-refractivity contribution < 1.29 is 24.5 Å². The molecule has 0 amide bonds. The first-order valence-electron chi connectivity index (χ1n) is 14.4. The summed E-state index contributed by atoms with van der Waals surface area (Å²) in [7, 11) is -1.23. The monoisotopic (exact) mass is 783 g/mol. The Labute approximate surface area is 276 Å². The molecule has 0 unspecified atom stereocenters. The average Bonchev–Trinajstić information content (AvgIpc) is 3.61. The van der Waals surface area contributed by atoms with Crippen LogP contribution in [0.2, 0.25) is 19.6 Å². The van der Waals surface area contributed by atoms with E-state index in [1.165, 1.54) is 30.9 Å². The van der Waals surface area contributed by atoms with Gasteiger partial charge < -0.3 is 14.4 Å². The SMILES string of the molecule is C[Si](C)(C)c1ccc(-c2[c-]cccc2)nc1.Cc1c[c-]c(-c2cc3oc4ccccc4c3cn2)c2sc3ccccc3c12.[Ir]. The van der Waals surface area contributed by atoms with Crippen LogP contribution in [0.25, 0.3) is 64.6 Å². The number of aromatic nitrogens is 2. The van der Waals surface area contributed by atoms with Crippen molar-refractivity contribution in [3.05, 3.63) is 127 Å². The van der Waals surface area contributed by atoms with Crippen LogP contribution in [0.3, 0.4) is 0 Å². The molecule has 4 aromatic carbocycles. The molecule has 44 heavy (non-hydrogen) atoms. The molecule has 0 saturated heterocycles. The van der Waals surface area contributed by atoms with Crippen LogP contribution in [-0.4, -0.2) is 18.0 Å². The summed E-state index contributed by atoms with van der Waals surface area (Å²) in [5.41, 5.74) is 7.01. The second-order valence-corrected chi connectivity index (χ2v) is 17.9. The molecule has 6 heteroatoms. The van der Waals surface area contributed by atoms with E-state index in [1.54, 1.807) is 11.3 Å². The zero-order chi connectivity index (χ0) is 29.6. The van der Waals surface area contributed by atoms with Crippen LogP contribution in [-0.2, 0) is 20.1 Å². The summed E-state index contributed by atoms with van der Waals surface area (Å²) in [5.74, 6) is 0. The molecule has 0 atom stereocenters. The summed E-state index contributed by atoms with van der Waals surface area (Å²) >= 11 is 1.81. The third kappa shape index (κ3) is 5.67. The smallest absolute Gasteiger partial charge is 0.135 e. The molecule has 0 fully saturated rings. The minimum absolute atomic E-state index is 0. The molecule has 219 valence electrons. The third-order valence-electron chi connectivity index (χ3n) is 7.78. The number of thiophene rings is 1. The third-order valence-corrected chi connectivity index (χ3v) is 11.0. The maximum absolute atomic E-state index is 6.06. The number of fused-ring (bicyclic) bond motifs is 6. The Kier molecular flexibility index (Phi) is 8.36. The number of benzene rings is 4. The van der Waals surface area contributed by atoms with Crippen molar-refractivity contribution in [2.45, 2.75) is 26.6 Å². The number of nitrogens with zero attached hydrogens (tertiary/aromatic N) is 2. The molecular formula is C38H30IrN2OSSi-2. The van der Waals surface area contributed by atoms with Crippen molar-refractivity contribution in [3.8, 4) is 22.5 Å². The van der Waals surface area contributed by atoms with Gasteiger partial charge in [0.2, 0.25) is 0 Å². The fourth-order valence-electron chi connectivity index (χ4n) is 5.43. The molecule has 4 heterocycles. The van der Waals surface area contributed by atoms with Crippen LogP contribution in [0.5, 0.6) is 0 Å². The van der Waals surface area contributed by atoms with Gasteiger partial charge in [-0.2, -0.15) is 11.3 Å². The van der Waals surface area contributed by atoms with Gasteiger partial charge in [0.15, 0.2) is 0 Å². The van der Waals surface area contributed by atoms with Gasteiger partial charge in [0.1, 0.15) is 11.2 Å². The van der Waals surface area contributed by atoms with Gasteiger partial charge in [-0.25, -0.2) is 0 Å². The van der Waals surface area contributed by atoms with Gasteiger partial charge in [0.25, 0.3) is 0 Å². The Bertz CT molecular complexity index is 2230. The molecule has 1 radical (unpaired) electrons. The van der Waals surface area contributed by atoms with E-state index in [1.807, 2.05) is 60.9 Å². The molecule has 0 N–H and O–H groups in total. The van der Waals surface area contributed by atoms with Crippen molar-refractivity contribution in [3.63, 3.8) is 0 Å². The van der Waals surface area contributed by atoms with Crippen LogP contribution >= 0.6 is 11.3 Å². The Balaban J connectivity index is 0.000000174. The van der Waals surface area contributed by atoms with Crippen molar-refractivity contribution >= 4 is 66.7 Å². The molecule has 0 spiro atoms. The van der Waals surface area contributed by atoms with Gasteiger partial charge in [0, 0.05) is 48.0 Å². The molecule has 4 aromatic heterocycles. The second kappa shape index (κ2) is 12.2. The molecule has 0 aliphatic carbocycles. The number of hydrogen-bond donors (Lipinski definition) is 0. The first kappa shape index (κ1) is 30.1. The summed E-state index contributed by atoms with van der Waals surface area (Å²) in [4.78, 5) is 9.28. The normalized spacial score (nSPS) is 11.5. The van der Waals surface area contributed by atoms with E-state index in [0.717, 1.165) is 44.5 Å². The van der Waals surface area contributed by atoms with E-state index in [4.69, 9.17) is 9.40 Å². The summed E-state index contributed by atoms with van der Waals surface area (Å²) in [6.45, 7) is 9.15. The van der Waals surface area contributed by atoms with E-state index in [2.05, 4.69) is 92.2 Å². The van der Waals surface area contributed by atoms with Gasteiger partial charge in [-0.1, -0.05) is 80.5 Å². The van der Waals surface area contributed by atoms with E-state index in [-0.39, 0.29) is 20.1 Å². The van der Waals surface area contributed by atoms with Gasteiger partial charge >= 0.3 is 0 Å². The average molecular weight is 783 g/mol. The largest absolute Gasteiger partial charge is 0.457 e. The molecule has 0 saturated carbocycles. The molecule has 8 aromatic rings. The summed E-state index contributed by atoms with van der Waals surface area (Å²) < 4.78 is 8.59. The minimum Gasteiger partial charge on any atom is -0.457 e. The minimum atomic E-state index is -1.23. The Morgan fingerprint density at radius 1 is 0.727 bits per heavy atom. The van der Waals surface area contributed by atoms with Gasteiger partial charge in [-0.15, -0.1) is 59.2 Å². The predicted molar refractivity (Wildman–Crippen MR) is 185 cm³/mol. The standard InChI is InChI=1S/C24H14NOS.C14H16NSi.Ir/c1-14-10-11-16(24-23(14)17-7-3-5-9-22(17)27-24)19-12-21-18(13-25-19)15-6-2-4-8-20(15)26-21;1-16(2,3)13-9-10-14(15-11-13)12-7-5-4-6-8-12;/h2-10,12-13H,1H3;4-7,9-11H,1-3H3;/q2*-1;. The van der Waals surface area contributed by atoms with Crippen LogP contribution in [0.1, 0.15) is 5.56 Å². The number of para-hydroxylation sites is 1. The number of furan rings is 1. The topological polar surface area (TPSA) is 38.9 Å². The number of hydrogen-bond acceptors (Lipinski definition) is 4. The summed E-state index contributed by atoms with van der Waals surface area (Å²) in [6, 6.07) is 39.7. The zero-order valence-corrected chi connectivity index (χ0v) is 29.1. The van der Waals surface area contributed by atoms with E-state index >= 15 is 0 Å². The Morgan fingerprint density at radius 2 is 1.48 bits per heavy atom. The van der Waals surface area contributed by atoms with Crippen LogP contribution in [0.15, 0.2) is 114 Å². The quantitative estimate of drug-likeness (QED) is 0.132. The second-order valence-electron chi connectivity index (χ2n) is 11.8. The van der Waals surface area contributed by atoms with Crippen LogP contribution < -0.4 is 5.19 Å². The van der Waals surface area contributed by atoms with E-state index in [9.17, 15) is 0 Å². The predicted octanol–water partition coefficient (Wildman–Crippen LogP) is 10.2. The Hall–Kier alpha value is -3.93. The van der Waals surface area contributed by atoms with Gasteiger partial charge in [0.05, 0.1) is 8.07 Å². The Morgan fingerprint density at radius 3 is 2.23 bits per heavy atom. The van der Waals surface area contributed by atoms with Crippen molar-refractivity contribution in [1.29, 1.82) is 0 Å².